The van der Waals surface area contributed by atoms with E-state index in [4.69, 9.17) is 0 Å². The number of hydrogen-bond acceptors (Lipinski definition) is 6. The van der Waals surface area contributed by atoms with Crippen molar-refractivity contribution in [3.05, 3.63) is 113 Å². The molecule has 0 spiro atoms. The lowest BCUT2D eigenvalue weighted by molar-refractivity contribution is 0.102. The minimum Gasteiger partial charge on any atom is -0.422 e. The van der Waals surface area contributed by atoms with Crippen molar-refractivity contribution in [2.45, 2.75) is 0 Å². The summed E-state index contributed by atoms with van der Waals surface area (Å²) in [5.41, 5.74) is 2.95. The third-order valence-corrected chi connectivity index (χ3v) is 5.25. The molecule has 8 nitrogen and oxygen atoms in total. The summed E-state index contributed by atoms with van der Waals surface area (Å²) < 4.78 is 0.420. The average molecular weight is 449 g/mol. The molecular weight excluding hydrogens is 430 g/mol. The number of para-hydroxylation sites is 1. The van der Waals surface area contributed by atoms with E-state index in [2.05, 4.69) is 20.6 Å². The molecule has 0 saturated heterocycles. The number of amides is 1. The quantitative estimate of drug-likeness (QED) is 0.336. The lowest BCUT2D eigenvalue weighted by Gasteiger charge is -2.11. The number of fused-ring (bicyclic) bond motifs is 1. The molecule has 1 amide bonds. The van der Waals surface area contributed by atoms with Crippen LogP contribution in [0.2, 0.25) is 0 Å². The molecule has 34 heavy (non-hydrogen) atoms. The lowest BCUT2D eigenvalue weighted by Crippen LogP contribution is -2.23. The highest BCUT2D eigenvalue weighted by Gasteiger charge is 2.12. The number of nitrogens with zero attached hydrogens (tertiary/aromatic N) is 3. The molecule has 0 bridgehead atoms. The topological polar surface area (TPSA) is 109 Å². The van der Waals surface area contributed by atoms with Crippen molar-refractivity contribution < 1.29 is 10.0 Å². The van der Waals surface area contributed by atoms with Gasteiger partial charge in [0.2, 0.25) is 0 Å². The van der Waals surface area contributed by atoms with Crippen LogP contribution in [0.25, 0.3) is 22.2 Å². The summed E-state index contributed by atoms with van der Waals surface area (Å²) in [7, 11) is 0. The third kappa shape index (κ3) is 4.20. The Bertz CT molecular complexity index is 1560. The maximum atomic E-state index is 12.7. The molecule has 0 saturated carbocycles. The Kier molecular flexibility index (Phi) is 5.45. The number of carbonyl (C=O) groups excluding carboxylic acids is 1. The highest BCUT2D eigenvalue weighted by molar-refractivity contribution is 6.05. The molecule has 3 N–H and O–H groups in total. The number of hydrogen-bond donors (Lipinski definition) is 3. The van der Waals surface area contributed by atoms with Crippen LogP contribution in [-0.2, 0) is 0 Å². The molecule has 0 aliphatic heterocycles. The van der Waals surface area contributed by atoms with E-state index in [0.29, 0.717) is 21.4 Å². The highest BCUT2D eigenvalue weighted by Crippen LogP contribution is 2.27. The predicted molar refractivity (Wildman–Crippen MR) is 131 cm³/mol. The van der Waals surface area contributed by atoms with Gasteiger partial charge in [-0.1, -0.05) is 42.5 Å². The van der Waals surface area contributed by atoms with Crippen molar-refractivity contribution in [2.75, 3.05) is 10.6 Å². The van der Waals surface area contributed by atoms with Gasteiger partial charge >= 0.3 is 5.69 Å². The zero-order valence-corrected chi connectivity index (χ0v) is 17.8. The second kappa shape index (κ2) is 8.87. The van der Waals surface area contributed by atoms with Crippen molar-refractivity contribution in [1.29, 1.82) is 0 Å². The van der Waals surface area contributed by atoms with E-state index in [0.717, 1.165) is 16.8 Å². The molecule has 0 aliphatic carbocycles. The molecule has 0 atom stereocenters. The summed E-state index contributed by atoms with van der Waals surface area (Å²) >= 11 is 0. The zero-order chi connectivity index (χ0) is 23.5. The molecule has 8 heteroatoms. The van der Waals surface area contributed by atoms with Gasteiger partial charge in [0.1, 0.15) is 5.82 Å². The van der Waals surface area contributed by atoms with Crippen LogP contribution in [-0.4, -0.2) is 25.8 Å². The summed E-state index contributed by atoms with van der Waals surface area (Å²) in [6.07, 6.45) is 1.49. The van der Waals surface area contributed by atoms with E-state index < -0.39 is 5.69 Å². The van der Waals surface area contributed by atoms with Crippen molar-refractivity contribution in [2.24, 2.45) is 0 Å². The first kappa shape index (κ1) is 20.9. The summed E-state index contributed by atoms with van der Waals surface area (Å²) in [6, 6.07) is 27.5. The second-order valence-electron chi connectivity index (χ2n) is 7.54. The van der Waals surface area contributed by atoms with Crippen LogP contribution >= 0.6 is 0 Å². The van der Waals surface area contributed by atoms with Gasteiger partial charge < -0.3 is 15.8 Å². The number of aromatic nitrogens is 3. The zero-order valence-electron chi connectivity index (χ0n) is 17.8. The molecular formula is C26H19N5O3. The summed E-state index contributed by atoms with van der Waals surface area (Å²) in [6.45, 7) is 0. The Morgan fingerprint density at radius 3 is 2.38 bits per heavy atom. The second-order valence-corrected chi connectivity index (χ2v) is 7.54. The standard InChI is InChI=1S/C26H19N5O3/c32-25(29-20-10-2-1-3-11-20)19-9-4-7-17(15-19)18-8-5-12-21(16-18)28-23-22-13-6-14-27-24(22)31(34)26(33)30-23/h1-16,34H,(H,29,32)(H,28,30,33). The van der Waals surface area contributed by atoms with Crippen LogP contribution in [0.5, 0.6) is 0 Å². The van der Waals surface area contributed by atoms with Crippen LogP contribution in [0, 0.1) is 0 Å². The summed E-state index contributed by atoms with van der Waals surface area (Å²) in [5.74, 6) is 0.0848. The smallest absolute Gasteiger partial charge is 0.384 e. The molecule has 0 unspecified atom stereocenters. The Morgan fingerprint density at radius 2 is 1.56 bits per heavy atom. The van der Waals surface area contributed by atoms with E-state index in [9.17, 15) is 14.8 Å². The van der Waals surface area contributed by atoms with E-state index in [1.165, 1.54) is 6.20 Å². The lowest BCUT2D eigenvalue weighted by atomic mass is 10.0. The van der Waals surface area contributed by atoms with Crippen LogP contribution < -0.4 is 16.3 Å². The first-order chi connectivity index (χ1) is 16.6. The number of pyridine rings is 1. The van der Waals surface area contributed by atoms with Crippen molar-refractivity contribution in [1.82, 2.24) is 14.7 Å². The Labute approximate surface area is 194 Å². The van der Waals surface area contributed by atoms with Gasteiger partial charge in [-0.3, -0.25) is 4.79 Å². The monoisotopic (exact) mass is 449 g/mol. The first-order valence-corrected chi connectivity index (χ1v) is 10.5. The highest BCUT2D eigenvalue weighted by atomic mass is 16.5. The fraction of sp³-hybridized carbons (Fsp3) is 0. The normalized spacial score (nSPS) is 10.7. The average Bonchev–Trinajstić information content (AvgIpc) is 2.88. The fourth-order valence-electron chi connectivity index (χ4n) is 3.62. The first-order valence-electron chi connectivity index (χ1n) is 10.5. The Hall–Kier alpha value is -4.98. The van der Waals surface area contributed by atoms with Gasteiger partial charge in [-0.25, -0.2) is 9.78 Å². The SMILES string of the molecule is O=C(Nc1ccccc1)c1cccc(-c2cccc(Nc3nc(=O)n(O)c4ncccc34)c2)c1. The minimum absolute atomic E-state index is 0.110. The van der Waals surface area contributed by atoms with Gasteiger partial charge in [0.05, 0.1) is 5.39 Å². The van der Waals surface area contributed by atoms with Crippen LogP contribution in [0.3, 0.4) is 0 Å². The number of anilines is 3. The molecule has 3 aromatic carbocycles. The Morgan fingerprint density at radius 1 is 0.824 bits per heavy atom. The van der Waals surface area contributed by atoms with E-state index in [-0.39, 0.29) is 17.4 Å². The number of rotatable bonds is 5. The van der Waals surface area contributed by atoms with Crippen molar-refractivity contribution >= 4 is 34.1 Å². The fourth-order valence-corrected chi connectivity index (χ4v) is 3.62. The third-order valence-electron chi connectivity index (χ3n) is 5.25. The van der Waals surface area contributed by atoms with Gasteiger partial charge in [0.25, 0.3) is 5.91 Å². The predicted octanol–water partition coefficient (Wildman–Crippen LogP) is 4.69. The van der Waals surface area contributed by atoms with Crippen molar-refractivity contribution in [3.8, 4) is 11.1 Å². The summed E-state index contributed by atoms with van der Waals surface area (Å²) in [5, 5.41) is 16.4. The maximum absolute atomic E-state index is 12.7. The van der Waals surface area contributed by atoms with Gasteiger partial charge in [0, 0.05) is 23.1 Å². The minimum atomic E-state index is -0.831. The van der Waals surface area contributed by atoms with Crippen LogP contribution in [0.4, 0.5) is 17.2 Å². The molecule has 0 radical (unpaired) electrons. The van der Waals surface area contributed by atoms with Gasteiger partial charge in [-0.05, 0) is 59.7 Å². The largest absolute Gasteiger partial charge is 0.422 e. The number of benzene rings is 3. The molecule has 166 valence electrons. The van der Waals surface area contributed by atoms with E-state index in [1.54, 1.807) is 18.2 Å². The van der Waals surface area contributed by atoms with E-state index >= 15 is 0 Å². The molecule has 2 heterocycles. The van der Waals surface area contributed by atoms with Crippen LogP contribution in [0.15, 0.2) is 102 Å². The number of nitrogens with one attached hydrogen (secondary N) is 2. The summed E-state index contributed by atoms with van der Waals surface area (Å²) in [4.78, 5) is 32.7. The molecule has 5 rings (SSSR count). The van der Waals surface area contributed by atoms with Gasteiger partial charge in [-0.2, -0.15) is 4.98 Å². The molecule has 0 aliphatic rings. The molecule has 2 aromatic heterocycles. The van der Waals surface area contributed by atoms with Gasteiger partial charge in [0.15, 0.2) is 5.65 Å². The molecule has 5 aromatic rings. The maximum Gasteiger partial charge on any atom is 0.384 e. The Balaban J connectivity index is 1.44. The number of carbonyl (C=O) groups is 1. The van der Waals surface area contributed by atoms with E-state index in [1.807, 2.05) is 72.8 Å². The van der Waals surface area contributed by atoms with Crippen molar-refractivity contribution in [3.63, 3.8) is 0 Å². The van der Waals surface area contributed by atoms with Crippen LogP contribution in [0.1, 0.15) is 10.4 Å². The van der Waals surface area contributed by atoms with Gasteiger partial charge in [-0.15, -0.1) is 4.73 Å². The molecule has 0 fully saturated rings.